The van der Waals surface area contributed by atoms with Crippen molar-refractivity contribution in [2.24, 2.45) is 0 Å². The minimum atomic E-state index is -3.53. The van der Waals surface area contributed by atoms with Gasteiger partial charge in [-0.05, 0) is 27.7 Å². The predicted octanol–water partition coefficient (Wildman–Crippen LogP) is 0.00570. The van der Waals surface area contributed by atoms with Gasteiger partial charge in [-0.2, -0.15) is 13.1 Å². The summed E-state index contributed by atoms with van der Waals surface area (Å²) >= 11 is 0. The van der Waals surface area contributed by atoms with Crippen LogP contribution >= 0.6 is 0 Å². The van der Waals surface area contributed by atoms with Crippen molar-refractivity contribution in [3.05, 3.63) is 0 Å². The summed E-state index contributed by atoms with van der Waals surface area (Å²) in [7, 11) is -3.53. The van der Waals surface area contributed by atoms with E-state index in [1.807, 2.05) is 0 Å². The van der Waals surface area contributed by atoms with Gasteiger partial charge >= 0.3 is 29.2 Å². The third kappa shape index (κ3) is 8.56. The van der Waals surface area contributed by atoms with E-state index >= 15 is 0 Å². The van der Waals surface area contributed by atoms with Crippen LogP contribution in [0.2, 0.25) is 0 Å². The van der Waals surface area contributed by atoms with Gasteiger partial charge < -0.3 is 0 Å². The Labute approximate surface area is 86.5 Å². The molecule has 0 aliphatic carbocycles. The molecule has 0 rings (SSSR count). The van der Waals surface area contributed by atoms with Gasteiger partial charge in [-0.15, -0.1) is 0 Å². The molecule has 1 N–H and O–H groups in total. The Morgan fingerprint density at radius 1 is 1.17 bits per heavy atom. The van der Waals surface area contributed by atoms with Gasteiger partial charge in [0.1, 0.15) is 0 Å². The maximum absolute atomic E-state index is 10.9. The van der Waals surface area contributed by atoms with Crippen molar-refractivity contribution >= 4 is 29.2 Å². The zero-order valence-corrected chi connectivity index (χ0v) is 8.10. The summed E-state index contributed by atoms with van der Waals surface area (Å²) in [5, 5.41) is 0. The fraction of sp³-hybridized carbons (Fsp3) is 1.00. The normalized spacial score (nSPS) is 11.8. The van der Waals surface area contributed by atoms with Crippen molar-refractivity contribution in [3.8, 4) is 0 Å². The van der Waals surface area contributed by atoms with Gasteiger partial charge in [-0.25, -0.2) is 0 Å². The topological polar surface area (TPSA) is 55.4 Å². The van der Waals surface area contributed by atoms with E-state index in [-0.39, 0.29) is 31.0 Å². The molecule has 0 aliphatic heterocycles. The molecule has 0 atom stereocenters. The molecule has 0 aromatic heterocycles. The molecule has 12 heavy (non-hydrogen) atoms. The second-order valence-corrected chi connectivity index (χ2v) is 4.21. The summed E-state index contributed by atoms with van der Waals surface area (Å²) in [4.78, 5) is 0. The summed E-state index contributed by atoms with van der Waals surface area (Å²) < 4.78 is 28.7. The Bertz CT molecular complexity index is 185. The molecule has 0 fully saturated rings. The molecule has 0 saturated heterocycles. The fourth-order valence-corrected chi connectivity index (χ4v) is 1.71. The molecule has 0 bridgehead atoms. The Balaban J connectivity index is 0. The molecule has 0 aliphatic rings. The fourth-order valence-electron chi connectivity index (χ4n) is 0.570. The van der Waals surface area contributed by atoms with Gasteiger partial charge in [0.25, 0.3) is 0 Å². The first-order valence-electron chi connectivity index (χ1n) is 3.54. The van der Waals surface area contributed by atoms with Crippen molar-refractivity contribution in [3.63, 3.8) is 0 Å². The maximum atomic E-state index is 10.9. The van der Waals surface area contributed by atoms with Gasteiger partial charge in [0.15, 0.2) is 0 Å². The molecule has 0 saturated carbocycles. The van der Waals surface area contributed by atoms with E-state index in [1.54, 1.807) is 27.7 Å². The second-order valence-electron chi connectivity index (χ2n) is 2.87. The molecule has 70 valence electrons. The average Bonchev–Trinajstić information content (AvgIpc) is 1.53. The van der Waals surface area contributed by atoms with Crippen LogP contribution in [0.5, 0.6) is 0 Å². The Morgan fingerprint density at radius 3 is 1.83 bits per heavy atom. The number of hydrogen-bond acceptors (Lipinski definition) is 3. The van der Waals surface area contributed by atoms with Gasteiger partial charge in [0.05, 0.1) is 6.10 Å². The van der Waals surface area contributed by atoms with Crippen LogP contribution in [0.15, 0.2) is 0 Å². The first kappa shape index (κ1) is 15.0. The van der Waals surface area contributed by atoms with Crippen LogP contribution in [0, 0.1) is 0 Å². The van der Waals surface area contributed by atoms with Gasteiger partial charge in [-0.1, -0.05) is 0 Å². The SMILES string of the molecule is CC(C)NS(=O)(=O)OC(C)C.[LiH]. The zero-order chi connectivity index (χ0) is 9.07. The number of hydrogen-bond donors (Lipinski definition) is 1. The third-order valence-electron chi connectivity index (χ3n) is 0.699. The van der Waals surface area contributed by atoms with E-state index in [9.17, 15) is 8.42 Å². The summed E-state index contributed by atoms with van der Waals surface area (Å²) in [5.74, 6) is 0. The van der Waals surface area contributed by atoms with Crippen LogP contribution in [0.1, 0.15) is 27.7 Å². The predicted molar refractivity (Wildman–Crippen MR) is 50.6 cm³/mol. The molecular formula is C6H16LiNO3S. The van der Waals surface area contributed by atoms with Crippen LogP contribution in [-0.4, -0.2) is 39.4 Å². The van der Waals surface area contributed by atoms with Gasteiger partial charge in [-0.3, -0.25) is 4.18 Å². The monoisotopic (exact) mass is 189 g/mol. The van der Waals surface area contributed by atoms with E-state index in [0.29, 0.717) is 0 Å². The summed E-state index contributed by atoms with van der Waals surface area (Å²) in [6.07, 6.45) is -0.314. The van der Waals surface area contributed by atoms with Gasteiger partial charge in [0, 0.05) is 6.04 Å². The first-order valence-corrected chi connectivity index (χ1v) is 4.95. The van der Waals surface area contributed by atoms with Crippen LogP contribution in [0.4, 0.5) is 0 Å². The molecule has 0 aromatic carbocycles. The van der Waals surface area contributed by atoms with E-state index in [1.165, 1.54) is 0 Å². The zero-order valence-electron chi connectivity index (χ0n) is 7.29. The van der Waals surface area contributed by atoms with Crippen LogP contribution in [-0.2, 0) is 14.5 Å². The summed E-state index contributed by atoms with van der Waals surface area (Å²) in [6.45, 7) is 6.81. The Kier molecular flexibility index (Phi) is 7.49. The number of rotatable bonds is 4. The summed E-state index contributed by atoms with van der Waals surface area (Å²) in [6, 6.07) is -0.126. The molecule has 0 radical (unpaired) electrons. The van der Waals surface area contributed by atoms with Crippen LogP contribution in [0.25, 0.3) is 0 Å². The van der Waals surface area contributed by atoms with Crippen LogP contribution < -0.4 is 4.72 Å². The van der Waals surface area contributed by atoms with E-state index in [2.05, 4.69) is 8.91 Å². The molecule has 0 heterocycles. The Hall–Kier alpha value is 0.467. The van der Waals surface area contributed by atoms with Gasteiger partial charge in [0.2, 0.25) is 0 Å². The van der Waals surface area contributed by atoms with Crippen molar-refractivity contribution in [1.29, 1.82) is 0 Å². The first-order chi connectivity index (χ1) is 4.83. The van der Waals surface area contributed by atoms with E-state index in [0.717, 1.165) is 0 Å². The summed E-state index contributed by atoms with van der Waals surface area (Å²) in [5.41, 5.74) is 0. The van der Waals surface area contributed by atoms with Crippen molar-refractivity contribution < 1.29 is 12.6 Å². The van der Waals surface area contributed by atoms with Crippen molar-refractivity contribution in [1.82, 2.24) is 4.72 Å². The quantitative estimate of drug-likeness (QED) is 0.633. The number of nitrogens with one attached hydrogen (secondary N) is 1. The molecule has 0 aromatic rings. The van der Waals surface area contributed by atoms with Crippen molar-refractivity contribution in [2.45, 2.75) is 39.8 Å². The molecule has 0 unspecified atom stereocenters. The third-order valence-corrected chi connectivity index (χ3v) is 2.10. The average molecular weight is 189 g/mol. The van der Waals surface area contributed by atoms with E-state index < -0.39 is 10.3 Å². The molecule has 0 spiro atoms. The van der Waals surface area contributed by atoms with E-state index in [4.69, 9.17) is 0 Å². The minimum absolute atomic E-state index is 0. The van der Waals surface area contributed by atoms with Crippen LogP contribution in [0.3, 0.4) is 0 Å². The molecule has 4 nitrogen and oxygen atoms in total. The molecular weight excluding hydrogens is 173 g/mol. The molecule has 6 heteroatoms. The second kappa shape index (κ2) is 6.00. The standard InChI is InChI=1S/C6H15NO3S.Li.H/c1-5(2)7-11(8,9)10-6(3)4;;/h5-7H,1-4H3;;. The van der Waals surface area contributed by atoms with Crippen molar-refractivity contribution in [2.75, 3.05) is 0 Å². The molecule has 0 amide bonds. The Morgan fingerprint density at radius 2 is 1.58 bits per heavy atom.